The molecule has 0 heterocycles. The monoisotopic (exact) mass is 371 g/mol. The number of rotatable bonds is 6. The van der Waals surface area contributed by atoms with Crippen LogP contribution in [-0.2, 0) is 10.0 Å². The second kappa shape index (κ2) is 7.19. The average molecular weight is 372 g/mol. The number of hydrogen-bond donors (Lipinski definition) is 0. The highest BCUT2D eigenvalue weighted by atomic mass is 35.5. The number of halogens is 1. The standard InChI is InChI=1S/C16H18ClNO5S/c1-18(13-9-11(17)5-7-14(13)21-2)24(19,20)12-6-8-15(22-3)16(10-12)23-4/h5-10H,1-4H3. The number of hydrogen-bond acceptors (Lipinski definition) is 5. The summed E-state index contributed by atoms with van der Waals surface area (Å²) in [4.78, 5) is 0.0599. The van der Waals surface area contributed by atoms with Gasteiger partial charge in [0.15, 0.2) is 11.5 Å². The third kappa shape index (κ3) is 3.37. The molecule has 2 rings (SSSR count). The second-order valence-corrected chi connectivity index (χ2v) is 7.21. The summed E-state index contributed by atoms with van der Waals surface area (Å²) in [6, 6.07) is 9.15. The number of benzene rings is 2. The molecule has 0 aromatic heterocycles. The first-order valence-corrected chi connectivity index (χ1v) is 8.71. The lowest BCUT2D eigenvalue weighted by Gasteiger charge is -2.22. The molecule has 0 unspecified atom stereocenters. The Labute approximate surface area is 146 Å². The molecular formula is C16H18ClNO5S. The van der Waals surface area contributed by atoms with Crippen molar-refractivity contribution in [1.82, 2.24) is 0 Å². The molecule has 2 aromatic rings. The SMILES string of the molecule is COc1ccc(S(=O)(=O)N(C)c2cc(Cl)ccc2OC)cc1OC. The van der Waals surface area contributed by atoms with Gasteiger partial charge in [0.2, 0.25) is 0 Å². The number of sulfonamides is 1. The molecule has 8 heteroatoms. The summed E-state index contributed by atoms with van der Waals surface area (Å²) in [5.74, 6) is 1.16. The molecule has 6 nitrogen and oxygen atoms in total. The zero-order valence-electron chi connectivity index (χ0n) is 13.7. The van der Waals surface area contributed by atoms with Crippen molar-refractivity contribution in [2.45, 2.75) is 4.90 Å². The van der Waals surface area contributed by atoms with E-state index >= 15 is 0 Å². The van der Waals surface area contributed by atoms with E-state index in [0.29, 0.717) is 28.0 Å². The van der Waals surface area contributed by atoms with Crippen molar-refractivity contribution in [3.8, 4) is 17.2 Å². The van der Waals surface area contributed by atoms with E-state index in [1.807, 2.05) is 0 Å². The summed E-state index contributed by atoms with van der Waals surface area (Å²) < 4.78 is 42.5. The maximum Gasteiger partial charge on any atom is 0.264 e. The van der Waals surface area contributed by atoms with Gasteiger partial charge >= 0.3 is 0 Å². The van der Waals surface area contributed by atoms with Crippen molar-refractivity contribution < 1.29 is 22.6 Å². The number of anilines is 1. The summed E-state index contributed by atoms with van der Waals surface area (Å²) in [5.41, 5.74) is 0.333. The Morgan fingerprint density at radius 2 is 1.46 bits per heavy atom. The average Bonchev–Trinajstić information content (AvgIpc) is 2.60. The van der Waals surface area contributed by atoms with Gasteiger partial charge in [-0.1, -0.05) is 11.6 Å². The van der Waals surface area contributed by atoms with Gasteiger partial charge in [-0.05, 0) is 30.3 Å². The molecular weight excluding hydrogens is 354 g/mol. The lowest BCUT2D eigenvalue weighted by molar-refractivity contribution is 0.354. The quantitative estimate of drug-likeness (QED) is 0.780. The van der Waals surface area contributed by atoms with Gasteiger partial charge in [0.1, 0.15) is 5.75 Å². The number of ether oxygens (including phenoxy) is 3. The fraction of sp³-hybridized carbons (Fsp3) is 0.250. The van der Waals surface area contributed by atoms with Crippen LogP contribution < -0.4 is 18.5 Å². The predicted molar refractivity (Wildman–Crippen MR) is 93.1 cm³/mol. The summed E-state index contributed by atoms with van der Waals surface area (Å²) in [6.07, 6.45) is 0. The van der Waals surface area contributed by atoms with Crippen LogP contribution in [-0.4, -0.2) is 36.8 Å². The Hall–Kier alpha value is -2.12. The van der Waals surface area contributed by atoms with Crippen LogP contribution in [0.3, 0.4) is 0 Å². The second-order valence-electron chi connectivity index (χ2n) is 4.81. The van der Waals surface area contributed by atoms with Gasteiger partial charge in [-0.2, -0.15) is 0 Å². The van der Waals surface area contributed by atoms with Gasteiger partial charge in [0.05, 0.1) is 31.9 Å². The van der Waals surface area contributed by atoms with E-state index < -0.39 is 10.0 Å². The van der Waals surface area contributed by atoms with Crippen LogP contribution >= 0.6 is 11.6 Å². The van der Waals surface area contributed by atoms with E-state index in [1.165, 1.54) is 52.6 Å². The summed E-state index contributed by atoms with van der Waals surface area (Å²) >= 11 is 5.99. The van der Waals surface area contributed by atoms with Crippen molar-refractivity contribution in [3.63, 3.8) is 0 Å². The van der Waals surface area contributed by atoms with Crippen LogP contribution in [0.25, 0.3) is 0 Å². The molecule has 24 heavy (non-hydrogen) atoms. The smallest absolute Gasteiger partial charge is 0.264 e. The molecule has 0 N–H and O–H groups in total. The first kappa shape index (κ1) is 18.2. The molecule has 0 atom stereocenters. The van der Waals surface area contributed by atoms with E-state index in [4.69, 9.17) is 25.8 Å². The first-order chi connectivity index (χ1) is 11.3. The van der Waals surface area contributed by atoms with Crippen molar-refractivity contribution in [3.05, 3.63) is 41.4 Å². The Kier molecular flexibility index (Phi) is 5.46. The zero-order chi connectivity index (χ0) is 17.9. The van der Waals surface area contributed by atoms with Gasteiger partial charge < -0.3 is 14.2 Å². The largest absolute Gasteiger partial charge is 0.495 e. The van der Waals surface area contributed by atoms with Crippen molar-refractivity contribution in [2.24, 2.45) is 0 Å². The van der Waals surface area contributed by atoms with Gasteiger partial charge in [0.25, 0.3) is 10.0 Å². The van der Waals surface area contributed by atoms with Crippen molar-refractivity contribution in [1.29, 1.82) is 0 Å². The number of methoxy groups -OCH3 is 3. The van der Waals surface area contributed by atoms with Crippen LogP contribution in [0.1, 0.15) is 0 Å². The van der Waals surface area contributed by atoms with E-state index in [9.17, 15) is 8.42 Å². The Bertz CT molecular complexity index is 838. The lowest BCUT2D eigenvalue weighted by Crippen LogP contribution is -2.27. The molecule has 130 valence electrons. The van der Waals surface area contributed by atoms with Crippen LogP contribution in [0.15, 0.2) is 41.3 Å². The fourth-order valence-corrected chi connectivity index (χ4v) is 3.55. The van der Waals surface area contributed by atoms with Crippen LogP contribution in [0.2, 0.25) is 5.02 Å². The Morgan fingerprint density at radius 1 is 0.875 bits per heavy atom. The molecule has 0 spiro atoms. The highest BCUT2D eigenvalue weighted by Crippen LogP contribution is 2.35. The Balaban J connectivity index is 2.52. The molecule has 0 saturated heterocycles. The van der Waals surface area contributed by atoms with Crippen LogP contribution in [0.5, 0.6) is 17.2 Å². The highest BCUT2D eigenvalue weighted by Gasteiger charge is 2.25. The van der Waals surface area contributed by atoms with E-state index in [1.54, 1.807) is 12.1 Å². The maximum atomic E-state index is 12.9. The lowest BCUT2D eigenvalue weighted by atomic mass is 10.3. The highest BCUT2D eigenvalue weighted by molar-refractivity contribution is 7.92. The summed E-state index contributed by atoms with van der Waals surface area (Å²) in [5, 5.41) is 0.403. The Morgan fingerprint density at radius 3 is 2.04 bits per heavy atom. The number of nitrogens with zero attached hydrogens (tertiary/aromatic N) is 1. The third-order valence-electron chi connectivity index (χ3n) is 3.49. The minimum atomic E-state index is -3.84. The normalized spacial score (nSPS) is 11.0. The summed E-state index contributed by atoms with van der Waals surface area (Å²) in [7, 11) is 1.98. The first-order valence-electron chi connectivity index (χ1n) is 6.89. The molecule has 2 aromatic carbocycles. The van der Waals surface area contributed by atoms with E-state index in [0.717, 1.165) is 4.31 Å². The molecule has 0 amide bonds. The zero-order valence-corrected chi connectivity index (χ0v) is 15.3. The molecule has 0 aliphatic carbocycles. The van der Waals surface area contributed by atoms with Gasteiger partial charge in [-0.15, -0.1) is 0 Å². The van der Waals surface area contributed by atoms with E-state index in [2.05, 4.69) is 0 Å². The minimum Gasteiger partial charge on any atom is -0.495 e. The molecule has 0 aliphatic heterocycles. The third-order valence-corrected chi connectivity index (χ3v) is 5.50. The van der Waals surface area contributed by atoms with E-state index in [-0.39, 0.29) is 4.90 Å². The molecule has 0 saturated carbocycles. The van der Waals surface area contributed by atoms with Gasteiger partial charge in [-0.3, -0.25) is 4.31 Å². The van der Waals surface area contributed by atoms with Crippen LogP contribution in [0, 0.1) is 0 Å². The maximum absolute atomic E-state index is 12.9. The fourth-order valence-electron chi connectivity index (χ4n) is 2.17. The molecule has 0 fully saturated rings. The molecule has 0 aliphatic rings. The van der Waals surface area contributed by atoms with Crippen molar-refractivity contribution in [2.75, 3.05) is 32.7 Å². The predicted octanol–water partition coefficient (Wildman–Crippen LogP) is 3.19. The van der Waals surface area contributed by atoms with Gasteiger partial charge in [-0.25, -0.2) is 8.42 Å². The topological polar surface area (TPSA) is 65.1 Å². The molecule has 0 radical (unpaired) electrons. The van der Waals surface area contributed by atoms with Crippen molar-refractivity contribution >= 4 is 27.3 Å². The molecule has 0 bridgehead atoms. The minimum absolute atomic E-state index is 0.0599. The van der Waals surface area contributed by atoms with Gasteiger partial charge in [0, 0.05) is 18.1 Å². The summed E-state index contributed by atoms with van der Waals surface area (Å²) in [6.45, 7) is 0. The van der Waals surface area contributed by atoms with Crippen LogP contribution in [0.4, 0.5) is 5.69 Å².